The van der Waals surface area contributed by atoms with Gasteiger partial charge in [-0.2, -0.15) is 0 Å². The summed E-state index contributed by atoms with van der Waals surface area (Å²) in [7, 11) is 0. The number of carbonyl (C=O) groups is 4. The summed E-state index contributed by atoms with van der Waals surface area (Å²) in [6.45, 7) is 6.35. The van der Waals surface area contributed by atoms with Crippen LogP contribution in [-0.2, 0) is 35.3 Å². The molecule has 1 heterocycles. The number of Topliss-reactive ketones (excluding diaryl/α,β-unsaturated/α-hetero) is 1. The number of carbonyl (C=O) groups excluding carboxylic acids is 4. The van der Waals surface area contributed by atoms with Crippen molar-refractivity contribution >= 4 is 23.5 Å². The number of esters is 2. The van der Waals surface area contributed by atoms with E-state index in [1.807, 2.05) is 17.9 Å². The van der Waals surface area contributed by atoms with E-state index in [2.05, 4.69) is 22.7 Å². The van der Waals surface area contributed by atoms with Crippen molar-refractivity contribution in [3.8, 4) is 0 Å². The normalized spacial score (nSPS) is 33.3. The summed E-state index contributed by atoms with van der Waals surface area (Å²) in [6, 6.07) is 6.17. The maximum atomic E-state index is 13.6. The first-order valence-electron chi connectivity index (χ1n) is 17.7. The Labute approximate surface area is 296 Å². The zero-order valence-electron chi connectivity index (χ0n) is 29.2. The molecule has 1 aromatic carbocycles. The number of benzene rings is 1. The van der Waals surface area contributed by atoms with E-state index in [1.165, 1.54) is 12.1 Å². The van der Waals surface area contributed by atoms with Gasteiger partial charge in [-0.3, -0.25) is 24.2 Å². The Morgan fingerprint density at radius 2 is 1.76 bits per heavy atom. The van der Waals surface area contributed by atoms with Crippen LogP contribution in [0.25, 0.3) is 0 Å². The van der Waals surface area contributed by atoms with Crippen molar-refractivity contribution in [2.24, 2.45) is 28.6 Å². The SMILES string of the molecule is CC12C=CC(=O)CC1=CCC1C2C(O)CC2(C)C1CC[C@]2(O)C(=O)COC(=O)CN1CCN(CCOC(=O)c2ccc(CO[N+](=O)[O-])cc2)CC1. The molecule has 0 spiro atoms. The van der Waals surface area contributed by atoms with E-state index in [9.17, 15) is 39.5 Å². The number of nitrogens with zero attached hydrogens (tertiary/aromatic N) is 3. The fraction of sp³-hybridized carbons (Fsp3) is 0.622. The molecule has 1 aliphatic heterocycles. The maximum Gasteiger partial charge on any atom is 0.338 e. The van der Waals surface area contributed by atoms with E-state index in [1.54, 1.807) is 18.2 Å². The third-order valence-electron chi connectivity index (χ3n) is 12.4. The van der Waals surface area contributed by atoms with Crippen molar-refractivity contribution in [2.75, 3.05) is 52.5 Å². The first kappa shape index (κ1) is 36.8. The topological polar surface area (TPSA) is 186 Å². The van der Waals surface area contributed by atoms with Crippen LogP contribution in [0.3, 0.4) is 0 Å². The van der Waals surface area contributed by atoms with Crippen molar-refractivity contribution in [3.05, 3.63) is 69.3 Å². The average Bonchev–Trinajstić information content (AvgIpc) is 3.37. The third-order valence-corrected chi connectivity index (χ3v) is 12.4. The number of allylic oxidation sites excluding steroid dienone is 4. The van der Waals surface area contributed by atoms with Crippen LogP contribution in [0.2, 0.25) is 0 Å². The van der Waals surface area contributed by atoms with E-state index in [-0.39, 0.29) is 56.1 Å². The second-order valence-corrected chi connectivity index (χ2v) is 15.1. The molecule has 4 aliphatic carbocycles. The Morgan fingerprint density at radius 1 is 1.06 bits per heavy atom. The minimum absolute atomic E-state index is 0.00284. The number of aliphatic hydroxyl groups excluding tert-OH is 1. The predicted octanol–water partition coefficient (Wildman–Crippen LogP) is 2.29. The number of rotatable bonds is 12. The summed E-state index contributed by atoms with van der Waals surface area (Å²) in [5.74, 6) is -1.59. The predicted molar refractivity (Wildman–Crippen MR) is 180 cm³/mol. The van der Waals surface area contributed by atoms with Gasteiger partial charge in [-0.25, -0.2) is 4.79 Å². The van der Waals surface area contributed by atoms with Crippen molar-refractivity contribution in [2.45, 2.75) is 64.3 Å². The second-order valence-electron chi connectivity index (χ2n) is 15.1. The van der Waals surface area contributed by atoms with Gasteiger partial charge in [0.1, 0.15) is 18.8 Å². The second kappa shape index (κ2) is 14.6. The van der Waals surface area contributed by atoms with Crippen LogP contribution in [0.5, 0.6) is 0 Å². The molecule has 1 aromatic rings. The summed E-state index contributed by atoms with van der Waals surface area (Å²) < 4.78 is 10.8. The van der Waals surface area contributed by atoms with Crippen LogP contribution in [0.15, 0.2) is 48.1 Å². The highest BCUT2D eigenvalue weighted by Gasteiger charge is 2.68. The Kier molecular flexibility index (Phi) is 10.5. The van der Waals surface area contributed by atoms with Crippen molar-refractivity contribution in [1.82, 2.24) is 9.80 Å². The monoisotopic (exact) mass is 709 g/mol. The molecule has 1 saturated heterocycles. The van der Waals surface area contributed by atoms with Crippen molar-refractivity contribution in [1.29, 1.82) is 0 Å². The highest BCUT2D eigenvalue weighted by molar-refractivity contribution is 5.93. The van der Waals surface area contributed by atoms with E-state index in [0.29, 0.717) is 63.1 Å². The highest BCUT2D eigenvalue weighted by Crippen LogP contribution is 2.66. The van der Waals surface area contributed by atoms with Gasteiger partial charge in [-0.1, -0.05) is 43.7 Å². The minimum Gasteiger partial charge on any atom is -0.461 e. The highest BCUT2D eigenvalue weighted by atomic mass is 16.9. The van der Waals surface area contributed by atoms with Gasteiger partial charge in [-0.15, -0.1) is 10.1 Å². The van der Waals surface area contributed by atoms with Crippen molar-refractivity contribution < 1.29 is 48.8 Å². The first-order chi connectivity index (χ1) is 24.2. The molecule has 7 atom stereocenters. The van der Waals surface area contributed by atoms with Crippen LogP contribution in [-0.4, -0.2) is 113 Å². The lowest BCUT2D eigenvalue weighted by atomic mass is 9.47. The molecule has 6 rings (SSSR count). The zero-order chi connectivity index (χ0) is 36.6. The third kappa shape index (κ3) is 7.24. The zero-order valence-corrected chi connectivity index (χ0v) is 29.2. The number of piperazine rings is 1. The van der Waals surface area contributed by atoms with Crippen molar-refractivity contribution in [3.63, 3.8) is 0 Å². The fourth-order valence-electron chi connectivity index (χ4n) is 9.58. The van der Waals surface area contributed by atoms with Gasteiger partial charge >= 0.3 is 11.9 Å². The standard InChI is InChI=1S/C37H47N3O11/c1-35-11-9-27(41)19-26(35)7-8-28-29-10-12-37(46,36(29,2)20-30(42)33(28)35)31(43)23-50-32(44)21-39-15-13-38(14-16-39)17-18-49-34(45)25-5-3-24(4-6-25)22-51-40(47)48/h3-7,9,11,28-30,33,42,46H,8,10,12-23H2,1-2H3/t28?,29?,30?,33?,35?,36?,37-/m0/s1. The molecular weight excluding hydrogens is 662 g/mol. The number of aliphatic hydroxyl groups is 2. The molecule has 6 unspecified atom stereocenters. The smallest absolute Gasteiger partial charge is 0.338 e. The molecule has 2 saturated carbocycles. The van der Waals surface area contributed by atoms with Gasteiger partial charge in [-0.05, 0) is 61.3 Å². The summed E-state index contributed by atoms with van der Waals surface area (Å²) in [5.41, 5.74) is -1.11. The van der Waals surface area contributed by atoms with E-state index in [0.717, 1.165) is 5.57 Å². The lowest BCUT2D eigenvalue weighted by molar-refractivity contribution is -0.763. The van der Waals surface area contributed by atoms with E-state index < -0.39 is 52.0 Å². The quantitative estimate of drug-likeness (QED) is 0.140. The Hall–Kier alpha value is -3.98. The molecule has 0 amide bonds. The molecule has 0 aromatic heterocycles. The Balaban J connectivity index is 0.931. The van der Waals surface area contributed by atoms with Crippen LogP contribution in [0.4, 0.5) is 0 Å². The largest absolute Gasteiger partial charge is 0.461 e. The molecule has 0 radical (unpaired) electrons. The molecule has 51 heavy (non-hydrogen) atoms. The summed E-state index contributed by atoms with van der Waals surface area (Å²) in [6.07, 6.45) is 7.08. The van der Waals surface area contributed by atoms with Crippen LogP contribution in [0, 0.1) is 38.7 Å². The molecular formula is C37H47N3O11. The maximum absolute atomic E-state index is 13.6. The summed E-state index contributed by atoms with van der Waals surface area (Å²) >= 11 is 0. The molecule has 276 valence electrons. The summed E-state index contributed by atoms with van der Waals surface area (Å²) in [5, 5.41) is 33.0. The van der Waals surface area contributed by atoms with E-state index in [4.69, 9.17) is 9.47 Å². The van der Waals surface area contributed by atoms with E-state index >= 15 is 0 Å². The van der Waals surface area contributed by atoms with Gasteiger partial charge in [0, 0.05) is 55.9 Å². The Morgan fingerprint density at radius 3 is 2.47 bits per heavy atom. The number of hydrogen-bond acceptors (Lipinski definition) is 13. The van der Waals surface area contributed by atoms with Crippen LogP contribution in [0.1, 0.15) is 61.9 Å². The Bertz CT molecular complexity index is 1600. The lowest BCUT2D eigenvalue weighted by Gasteiger charge is -2.58. The molecule has 0 bridgehead atoms. The first-order valence-corrected chi connectivity index (χ1v) is 17.7. The summed E-state index contributed by atoms with van der Waals surface area (Å²) in [4.78, 5) is 69.6. The van der Waals surface area contributed by atoms with Crippen LogP contribution < -0.4 is 0 Å². The molecule has 2 N–H and O–H groups in total. The lowest BCUT2D eigenvalue weighted by Crippen LogP contribution is -2.61. The van der Waals surface area contributed by atoms with Gasteiger partial charge in [0.2, 0.25) is 5.78 Å². The molecule has 14 nitrogen and oxygen atoms in total. The van der Waals surface area contributed by atoms with Gasteiger partial charge in [0.05, 0.1) is 18.2 Å². The van der Waals surface area contributed by atoms with Gasteiger partial charge < -0.3 is 24.5 Å². The molecule has 3 fully saturated rings. The van der Waals surface area contributed by atoms with Gasteiger partial charge in [0.25, 0.3) is 5.09 Å². The number of ether oxygens (including phenoxy) is 2. The average molecular weight is 710 g/mol. The fourth-order valence-corrected chi connectivity index (χ4v) is 9.58. The van der Waals surface area contributed by atoms with Gasteiger partial charge in [0.15, 0.2) is 12.4 Å². The number of fused-ring (bicyclic) bond motifs is 5. The van der Waals surface area contributed by atoms with Crippen LogP contribution >= 0.6 is 0 Å². The molecule has 14 heteroatoms. The number of hydrogen-bond donors (Lipinski definition) is 2. The number of ketones is 2. The molecule has 5 aliphatic rings. The minimum atomic E-state index is -1.72.